The number of rotatable bonds is 3. The van der Waals surface area contributed by atoms with Crippen LogP contribution in [-0.4, -0.2) is 0 Å². The molecule has 0 bridgehead atoms. The van der Waals surface area contributed by atoms with Crippen molar-refractivity contribution in [2.45, 2.75) is 25.8 Å². The molecular formula is C10H13Br2N. The first-order valence-electron chi connectivity index (χ1n) is 4.35. The lowest BCUT2D eigenvalue weighted by atomic mass is 10.0. The van der Waals surface area contributed by atoms with Gasteiger partial charge >= 0.3 is 0 Å². The highest BCUT2D eigenvalue weighted by molar-refractivity contribution is 9.11. The molecule has 0 radical (unpaired) electrons. The van der Waals surface area contributed by atoms with Gasteiger partial charge in [-0.05, 0) is 30.2 Å². The normalized spacial score (nSPS) is 12.9. The van der Waals surface area contributed by atoms with Crippen molar-refractivity contribution in [1.82, 2.24) is 0 Å². The maximum absolute atomic E-state index is 6.02. The molecule has 0 aromatic heterocycles. The standard InChI is InChI=1S/C10H13Br2N/c1-2-3-10(13)8-6-7(11)4-5-9(8)12/h4-6,10H,2-3,13H2,1H3. The lowest BCUT2D eigenvalue weighted by Gasteiger charge is -2.12. The number of hydrogen-bond acceptors (Lipinski definition) is 1. The van der Waals surface area contributed by atoms with Crippen LogP contribution in [0.4, 0.5) is 0 Å². The zero-order chi connectivity index (χ0) is 9.84. The van der Waals surface area contributed by atoms with Crippen LogP contribution in [0, 0.1) is 0 Å². The van der Waals surface area contributed by atoms with E-state index in [0.29, 0.717) is 0 Å². The maximum Gasteiger partial charge on any atom is 0.0306 e. The van der Waals surface area contributed by atoms with Gasteiger partial charge in [0.25, 0.3) is 0 Å². The first kappa shape index (κ1) is 11.2. The van der Waals surface area contributed by atoms with E-state index in [-0.39, 0.29) is 6.04 Å². The summed E-state index contributed by atoms with van der Waals surface area (Å²) >= 11 is 6.94. The average Bonchev–Trinajstić information content (AvgIpc) is 2.09. The van der Waals surface area contributed by atoms with Gasteiger partial charge in [0.1, 0.15) is 0 Å². The molecule has 0 heterocycles. The highest BCUT2D eigenvalue weighted by Gasteiger charge is 2.08. The van der Waals surface area contributed by atoms with E-state index in [4.69, 9.17) is 5.73 Å². The van der Waals surface area contributed by atoms with E-state index >= 15 is 0 Å². The van der Waals surface area contributed by atoms with Gasteiger partial charge in [-0.15, -0.1) is 0 Å². The van der Waals surface area contributed by atoms with Crippen LogP contribution >= 0.6 is 31.9 Å². The predicted octanol–water partition coefficient (Wildman–Crippen LogP) is 4.01. The molecule has 0 spiro atoms. The smallest absolute Gasteiger partial charge is 0.0306 e. The molecule has 1 atom stereocenters. The van der Waals surface area contributed by atoms with Crippen molar-refractivity contribution in [2.75, 3.05) is 0 Å². The summed E-state index contributed by atoms with van der Waals surface area (Å²) in [6.07, 6.45) is 2.13. The summed E-state index contributed by atoms with van der Waals surface area (Å²) in [4.78, 5) is 0. The summed E-state index contributed by atoms with van der Waals surface area (Å²) in [7, 11) is 0. The van der Waals surface area contributed by atoms with Gasteiger partial charge in [0, 0.05) is 15.0 Å². The van der Waals surface area contributed by atoms with Gasteiger partial charge < -0.3 is 5.73 Å². The second-order valence-corrected chi connectivity index (χ2v) is 4.83. The number of nitrogens with two attached hydrogens (primary N) is 1. The largest absolute Gasteiger partial charge is 0.324 e. The Labute approximate surface area is 96.0 Å². The molecule has 0 aliphatic carbocycles. The summed E-state index contributed by atoms with van der Waals surface area (Å²) < 4.78 is 2.17. The fraction of sp³-hybridized carbons (Fsp3) is 0.400. The highest BCUT2D eigenvalue weighted by atomic mass is 79.9. The summed E-state index contributed by atoms with van der Waals surface area (Å²) in [5.41, 5.74) is 7.20. The molecule has 72 valence electrons. The fourth-order valence-corrected chi connectivity index (χ4v) is 2.18. The van der Waals surface area contributed by atoms with Crippen molar-refractivity contribution in [2.24, 2.45) is 5.73 Å². The lowest BCUT2D eigenvalue weighted by Crippen LogP contribution is -2.10. The molecule has 2 N–H and O–H groups in total. The minimum Gasteiger partial charge on any atom is -0.324 e. The first-order valence-corrected chi connectivity index (χ1v) is 5.94. The SMILES string of the molecule is CCCC(N)c1cc(Br)ccc1Br. The van der Waals surface area contributed by atoms with Crippen LogP contribution in [0.2, 0.25) is 0 Å². The van der Waals surface area contributed by atoms with Gasteiger partial charge in [0.15, 0.2) is 0 Å². The second kappa shape index (κ2) is 5.13. The molecule has 1 nitrogen and oxygen atoms in total. The van der Waals surface area contributed by atoms with E-state index in [9.17, 15) is 0 Å². The van der Waals surface area contributed by atoms with E-state index < -0.39 is 0 Å². The summed E-state index contributed by atoms with van der Waals surface area (Å²) in [6, 6.07) is 6.24. The van der Waals surface area contributed by atoms with E-state index in [2.05, 4.69) is 44.8 Å². The van der Waals surface area contributed by atoms with Crippen molar-refractivity contribution in [3.63, 3.8) is 0 Å². The molecule has 3 heteroatoms. The average molecular weight is 307 g/mol. The topological polar surface area (TPSA) is 26.0 Å². The minimum absolute atomic E-state index is 0.136. The third kappa shape index (κ3) is 3.08. The van der Waals surface area contributed by atoms with Crippen molar-refractivity contribution in [3.05, 3.63) is 32.7 Å². The zero-order valence-electron chi connectivity index (χ0n) is 7.56. The second-order valence-electron chi connectivity index (χ2n) is 3.06. The minimum atomic E-state index is 0.136. The Hall–Kier alpha value is 0.140. The molecule has 0 amide bonds. The summed E-state index contributed by atoms with van der Waals surface area (Å²) in [6.45, 7) is 2.14. The molecule has 0 fully saturated rings. The van der Waals surface area contributed by atoms with E-state index in [1.165, 1.54) is 5.56 Å². The Morgan fingerprint density at radius 2 is 2.08 bits per heavy atom. The molecule has 13 heavy (non-hydrogen) atoms. The van der Waals surface area contributed by atoms with Crippen LogP contribution in [0.25, 0.3) is 0 Å². The van der Waals surface area contributed by atoms with Gasteiger partial charge in [0.05, 0.1) is 0 Å². The quantitative estimate of drug-likeness (QED) is 0.897. The third-order valence-electron chi connectivity index (χ3n) is 1.96. The Morgan fingerprint density at radius 3 is 2.69 bits per heavy atom. The van der Waals surface area contributed by atoms with Crippen LogP contribution in [0.1, 0.15) is 31.4 Å². The van der Waals surface area contributed by atoms with Gasteiger partial charge in [-0.3, -0.25) is 0 Å². The van der Waals surface area contributed by atoms with Crippen LogP contribution in [0.3, 0.4) is 0 Å². The van der Waals surface area contributed by atoms with Crippen LogP contribution in [0.15, 0.2) is 27.1 Å². The van der Waals surface area contributed by atoms with E-state index in [1.807, 2.05) is 12.1 Å². The lowest BCUT2D eigenvalue weighted by molar-refractivity contribution is 0.636. The molecular weight excluding hydrogens is 294 g/mol. The molecule has 1 aromatic carbocycles. The zero-order valence-corrected chi connectivity index (χ0v) is 10.7. The number of halogens is 2. The van der Waals surface area contributed by atoms with Gasteiger partial charge in [-0.25, -0.2) is 0 Å². The Kier molecular flexibility index (Phi) is 4.42. The van der Waals surface area contributed by atoms with E-state index in [1.54, 1.807) is 0 Å². The van der Waals surface area contributed by atoms with Gasteiger partial charge in [-0.2, -0.15) is 0 Å². The third-order valence-corrected chi connectivity index (χ3v) is 3.17. The maximum atomic E-state index is 6.02. The molecule has 1 rings (SSSR count). The summed E-state index contributed by atoms with van der Waals surface area (Å²) in [5, 5.41) is 0. The van der Waals surface area contributed by atoms with Crippen molar-refractivity contribution in [3.8, 4) is 0 Å². The Bertz CT molecular complexity index is 286. The highest BCUT2D eigenvalue weighted by Crippen LogP contribution is 2.27. The molecule has 0 aliphatic heterocycles. The molecule has 0 saturated carbocycles. The van der Waals surface area contributed by atoms with Crippen LogP contribution in [-0.2, 0) is 0 Å². The molecule has 0 aliphatic rings. The van der Waals surface area contributed by atoms with Crippen molar-refractivity contribution >= 4 is 31.9 Å². The molecule has 1 aromatic rings. The Morgan fingerprint density at radius 1 is 1.38 bits per heavy atom. The Balaban J connectivity index is 2.91. The number of benzene rings is 1. The summed E-state index contributed by atoms with van der Waals surface area (Å²) in [5.74, 6) is 0. The van der Waals surface area contributed by atoms with Gasteiger partial charge in [-0.1, -0.05) is 45.2 Å². The van der Waals surface area contributed by atoms with E-state index in [0.717, 1.165) is 21.8 Å². The van der Waals surface area contributed by atoms with Gasteiger partial charge in [0.2, 0.25) is 0 Å². The van der Waals surface area contributed by atoms with Crippen molar-refractivity contribution in [1.29, 1.82) is 0 Å². The number of hydrogen-bond donors (Lipinski definition) is 1. The first-order chi connectivity index (χ1) is 6.15. The fourth-order valence-electron chi connectivity index (χ4n) is 1.27. The molecule has 0 saturated heterocycles. The van der Waals surface area contributed by atoms with Crippen molar-refractivity contribution < 1.29 is 0 Å². The van der Waals surface area contributed by atoms with Crippen LogP contribution in [0.5, 0.6) is 0 Å². The van der Waals surface area contributed by atoms with Crippen LogP contribution < -0.4 is 5.73 Å². The predicted molar refractivity (Wildman–Crippen MR) is 63.7 cm³/mol. The monoisotopic (exact) mass is 305 g/mol. The molecule has 1 unspecified atom stereocenters.